The van der Waals surface area contributed by atoms with Crippen molar-refractivity contribution in [2.75, 3.05) is 12.3 Å². The molecule has 0 bridgehead atoms. The summed E-state index contributed by atoms with van der Waals surface area (Å²) in [6.07, 6.45) is 3.51. The first-order valence-electron chi connectivity index (χ1n) is 6.94. The Morgan fingerprint density at radius 2 is 2.24 bits per heavy atom. The van der Waals surface area contributed by atoms with Crippen LogP contribution in [0.3, 0.4) is 0 Å². The quantitative estimate of drug-likeness (QED) is 0.941. The Labute approximate surface area is 126 Å². The SMILES string of the molecule is Nc1ccc(=O)n(CC(=O)N2CCCC2c2cccs2)c1. The van der Waals surface area contributed by atoms with E-state index < -0.39 is 0 Å². The fourth-order valence-corrected chi connectivity index (χ4v) is 3.63. The van der Waals surface area contributed by atoms with Gasteiger partial charge in [0.1, 0.15) is 6.54 Å². The summed E-state index contributed by atoms with van der Waals surface area (Å²) in [7, 11) is 0. The van der Waals surface area contributed by atoms with Gasteiger partial charge in [0.15, 0.2) is 0 Å². The topological polar surface area (TPSA) is 68.3 Å². The van der Waals surface area contributed by atoms with Gasteiger partial charge in [-0.1, -0.05) is 6.07 Å². The summed E-state index contributed by atoms with van der Waals surface area (Å²) in [5, 5.41) is 2.03. The van der Waals surface area contributed by atoms with Gasteiger partial charge in [0.05, 0.1) is 6.04 Å². The molecular weight excluding hydrogens is 286 g/mol. The Hall–Kier alpha value is -2.08. The third-order valence-electron chi connectivity index (χ3n) is 3.76. The molecule has 0 aromatic carbocycles. The Kier molecular flexibility index (Phi) is 3.79. The highest BCUT2D eigenvalue weighted by Gasteiger charge is 2.30. The number of thiophene rings is 1. The second-order valence-electron chi connectivity index (χ2n) is 5.19. The van der Waals surface area contributed by atoms with Crippen LogP contribution in [0, 0.1) is 0 Å². The molecule has 2 N–H and O–H groups in total. The molecule has 110 valence electrons. The lowest BCUT2D eigenvalue weighted by Crippen LogP contribution is -2.35. The van der Waals surface area contributed by atoms with E-state index in [1.807, 2.05) is 16.3 Å². The van der Waals surface area contributed by atoms with Crippen LogP contribution in [0.25, 0.3) is 0 Å². The number of aromatic nitrogens is 1. The molecule has 1 atom stereocenters. The number of hydrogen-bond donors (Lipinski definition) is 1. The summed E-state index contributed by atoms with van der Waals surface area (Å²) in [6, 6.07) is 7.16. The molecule has 1 amide bonds. The van der Waals surface area contributed by atoms with Gasteiger partial charge in [-0.2, -0.15) is 0 Å². The number of carbonyl (C=O) groups is 1. The lowest BCUT2D eigenvalue weighted by atomic mass is 10.2. The van der Waals surface area contributed by atoms with Crippen LogP contribution in [-0.4, -0.2) is 21.9 Å². The molecule has 0 spiro atoms. The molecule has 3 rings (SSSR count). The van der Waals surface area contributed by atoms with Crippen molar-refractivity contribution in [3.8, 4) is 0 Å². The zero-order valence-electron chi connectivity index (χ0n) is 11.6. The molecule has 1 saturated heterocycles. The lowest BCUT2D eigenvalue weighted by Gasteiger charge is -2.24. The van der Waals surface area contributed by atoms with E-state index in [1.54, 1.807) is 17.4 Å². The largest absolute Gasteiger partial charge is 0.398 e. The molecule has 0 aliphatic carbocycles. The number of anilines is 1. The van der Waals surface area contributed by atoms with Gasteiger partial charge >= 0.3 is 0 Å². The van der Waals surface area contributed by atoms with Crippen LogP contribution in [0.5, 0.6) is 0 Å². The maximum absolute atomic E-state index is 12.5. The summed E-state index contributed by atoms with van der Waals surface area (Å²) in [5.41, 5.74) is 5.96. The molecular formula is C15H17N3O2S. The molecule has 5 nitrogen and oxygen atoms in total. The predicted octanol–water partition coefficient (Wildman–Crippen LogP) is 1.86. The van der Waals surface area contributed by atoms with Gasteiger partial charge in [-0.3, -0.25) is 9.59 Å². The number of nitrogens with zero attached hydrogens (tertiary/aromatic N) is 2. The van der Waals surface area contributed by atoms with Gasteiger partial charge in [-0.05, 0) is 30.4 Å². The monoisotopic (exact) mass is 303 g/mol. The minimum Gasteiger partial charge on any atom is -0.398 e. The summed E-state index contributed by atoms with van der Waals surface area (Å²) in [6.45, 7) is 0.796. The van der Waals surface area contributed by atoms with Crippen molar-refractivity contribution in [1.82, 2.24) is 9.47 Å². The molecule has 1 aliphatic heterocycles. The highest BCUT2D eigenvalue weighted by Crippen LogP contribution is 2.34. The zero-order chi connectivity index (χ0) is 14.8. The van der Waals surface area contributed by atoms with E-state index in [0.29, 0.717) is 5.69 Å². The van der Waals surface area contributed by atoms with Crippen LogP contribution in [0.15, 0.2) is 40.6 Å². The number of rotatable bonds is 3. The van der Waals surface area contributed by atoms with Gasteiger partial charge < -0.3 is 15.2 Å². The number of pyridine rings is 1. The van der Waals surface area contributed by atoms with Gasteiger partial charge in [0, 0.05) is 29.4 Å². The summed E-state index contributed by atoms with van der Waals surface area (Å²) in [4.78, 5) is 27.4. The van der Waals surface area contributed by atoms with E-state index in [2.05, 4.69) is 6.07 Å². The van der Waals surface area contributed by atoms with E-state index >= 15 is 0 Å². The molecule has 0 saturated carbocycles. The molecule has 1 fully saturated rings. The number of likely N-dealkylation sites (tertiary alicyclic amines) is 1. The number of nitrogen functional groups attached to an aromatic ring is 1. The van der Waals surface area contributed by atoms with Crippen molar-refractivity contribution in [2.45, 2.75) is 25.4 Å². The van der Waals surface area contributed by atoms with Crippen molar-refractivity contribution in [1.29, 1.82) is 0 Å². The minimum absolute atomic E-state index is 0.0291. The molecule has 6 heteroatoms. The van der Waals surface area contributed by atoms with E-state index in [9.17, 15) is 9.59 Å². The average molecular weight is 303 g/mol. The predicted molar refractivity (Wildman–Crippen MR) is 83.1 cm³/mol. The first-order chi connectivity index (χ1) is 10.1. The van der Waals surface area contributed by atoms with Crippen molar-refractivity contribution >= 4 is 22.9 Å². The first kappa shape index (κ1) is 13.9. The fourth-order valence-electron chi connectivity index (χ4n) is 2.75. The lowest BCUT2D eigenvalue weighted by molar-refractivity contribution is -0.132. The average Bonchev–Trinajstić information content (AvgIpc) is 3.12. The van der Waals surface area contributed by atoms with Crippen LogP contribution in [0.4, 0.5) is 5.69 Å². The minimum atomic E-state index is -0.204. The third kappa shape index (κ3) is 2.85. The molecule has 0 radical (unpaired) electrons. The van der Waals surface area contributed by atoms with Gasteiger partial charge in [0.2, 0.25) is 5.91 Å². The second kappa shape index (κ2) is 5.73. The van der Waals surface area contributed by atoms with Crippen molar-refractivity contribution in [2.24, 2.45) is 0 Å². The van der Waals surface area contributed by atoms with E-state index in [-0.39, 0.29) is 24.1 Å². The van der Waals surface area contributed by atoms with E-state index in [1.165, 1.54) is 21.7 Å². The summed E-state index contributed by atoms with van der Waals surface area (Å²) in [5.74, 6) is -0.0291. The van der Waals surface area contributed by atoms with Crippen molar-refractivity contribution in [3.05, 3.63) is 51.1 Å². The first-order valence-corrected chi connectivity index (χ1v) is 7.82. The van der Waals surface area contributed by atoms with Crippen LogP contribution < -0.4 is 11.3 Å². The van der Waals surface area contributed by atoms with Crippen LogP contribution in [0.1, 0.15) is 23.8 Å². The Morgan fingerprint density at radius 3 is 3.00 bits per heavy atom. The van der Waals surface area contributed by atoms with Crippen LogP contribution in [-0.2, 0) is 11.3 Å². The van der Waals surface area contributed by atoms with E-state index in [4.69, 9.17) is 5.73 Å². The smallest absolute Gasteiger partial charge is 0.251 e. The highest BCUT2D eigenvalue weighted by atomic mass is 32.1. The van der Waals surface area contributed by atoms with Gasteiger partial charge in [0.25, 0.3) is 5.56 Å². The Bertz CT molecular complexity index is 693. The Morgan fingerprint density at radius 1 is 1.38 bits per heavy atom. The third-order valence-corrected chi connectivity index (χ3v) is 4.73. The standard InChI is InChI=1S/C15H17N3O2S/c16-11-5-6-14(19)17(9-11)10-15(20)18-7-1-3-12(18)13-4-2-8-21-13/h2,4-6,8-9,12H,1,3,7,10,16H2. The number of hydrogen-bond acceptors (Lipinski definition) is 4. The van der Waals surface area contributed by atoms with Gasteiger partial charge in [-0.15, -0.1) is 11.3 Å². The van der Waals surface area contributed by atoms with E-state index in [0.717, 1.165) is 19.4 Å². The molecule has 21 heavy (non-hydrogen) atoms. The van der Waals surface area contributed by atoms with Gasteiger partial charge in [-0.25, -0.2) is 0 Å². The number of nitrogens with two attached hydrogens (primary N) is 1. The molecule has 2 aromatic heterocycles. The second-order valence-corrected chi connectivity index (χ2v) is 6.17. The Balaban J connectivity index is 1.78. The molecule has 2 aromatic rings. The number of amides is 1. The number of carbonyl (C=O) groups excluding carboxylic acids is 1. The maximum atomic E-state index is 12.5. The normalized spacial score (nSPS) is 18.1. The molecule has 1 aliphatic rings. The highest BCUT2D eigenvalue weighted by molar-refractivity contribution is 7.10. The van der Waals surface area contributed by atoms with Crippen molar-refractivity contribution in [3.63, 3.8) is 0 Å². The molecule has 3 heterocycles. The fraction of sp³-hybridized carbons (Fsp3) is 0.333. The van der Waals surface area contributed by atoms with Crippen LogP contribution in [0.2, 0.25) is 0 Å². The van der Waals surface area contributed by atoms with Crippen LogP contribution >= 0.6 is 11.3 Å². The molecule has 1 unspecified atom stereocenters. The summed E-state index contributed by atoms with van der Waals surface area (Å²) < 4.78 is 1.38. The maximum Gasteiger partial charge on any atom is 0.251 e. The zero-order valence-corrected chi connectivity index (χ0v) is 12.4. The summed E-state index contributed by atoms with van der Waals surface area (Å²) >= 11 is 1.67. The van der Waals surface area contributed by atoms with Crippen molar-refractivity contribution < 1.29 is 4.79 Å².